The van der Waals surface area contributed by atoms with Crippen LogP contribution in [0.1, 0.15) is 6.42 Å². The summed E-state index contributed by atoms with van der Waals surface area (Å²) in [4.78, 5) is 20.7. The van der Waals surface area contributed by atoms with Crippen molar-refractivity contribution in [1.29, 1.82) is 0 Å². The fourth-order valence-corrected chi connectivity index (χ4v) is 1.11. The zero-order valence-electron chi connectivity index (χ0n) is 8.80. The molecule has 0 aliphatic carbocycles. The van der Waals surface area contributed by atoms with Crippen LogP contribution < -0.4 is 5.32 Å². The van der Waals surface area contributed by atoms with Crippen LogP contribution in [0.25, 0.3) is 0 Å². The van der Waals surface area contributed by atoms with E-state index in [2.05, 4.69) is 10.1 Å². The number of nitrogens with zero attached hydrogens (tertiary/aromatic N) is 1. The lowest BCUT2D eigenvalue weighted by molar-refractivity contribution is -0.384. The number of nitrogens with one attached hydrogen (secondary N) is 1. The molecule has 0 amide bonds. The Morgan fingerprint density at radius 3 is 2.56 bits per heavy atom. The van der Waals surface area contributed by atoms with E-state index < -0.39 is 4.92 Å². The highest BCUT2D eigenvalue weighted by atomic mass is 16.6. The first kappa shape index (κ1) is 12.0. The van der Waals surface area contributed by atoms with Gasteiger partial charge in [0.05, 0.1) is 18.5 Å². The second-order valence-electron chi connectivity index (χ2n) is 3.06. The molecule has 0 aromatic heterocycles. The molecule has 0 aliphatic heterocycles. The Morgan fingerprint density at radius 1 is 1.44 bits per heavy atom. The molecule has 0 saturated heterocycles. The largest absolute Gasteiger partial charge is 0.469 e. The Hall–Kier alpha value is -2.11. The third-order valence-electron chi connectivity index (χ3n) is 1.96. The van der Waals surface area contributed by atoms with Gasteiger partial charge in [0.1, 0.15) is 0 Å². The van der Waals surface area contributed by atoms with E-state index >= 15 is 0 Å². The zero-order chi connectivity index (χ0) is 12.0. The number of carbonyl (C=O) groups excluding carboxylic acids is 1. The summed E-state index contributed by atoms with van der Waals surface area (Å²) in [6.45, 7) is 0.435. The third-order valence-corrected chi connectivity index (χ3v) is 1.96. The highest BCUT2D eigenvalue weighted by Crippen LogP contribution is 2.15. The molecule has 0 radical (unpaired) electrons. The summed E-state index contributed by atoms with van der Waals surface area (Å²) in [5, 5.41) is 13.3. The second-order valence-corrected chi connectivity index (χ2v) is 3.06. The summed E-state index contributed by atoms with van der Waals surface area (Å²) in [5.41, 5.74) is 0.771. The number of methoxy groups -OCH3 is 1. The minimum absolute atomic E-state index is 0.0403. The Kier molecular flexibility index (Phi) is 4.26. The van der Waals surface area contributed by atoms with Crippen molar-refractivity contribution in [1.82, 2.24) is 0 Å². The second kappa shape index (κ2) is 5.69. The van der Waals surface area contributed by atoms with Gasteiger partial charge in [-0.05, 0) is 12.1 Å². The smallest absolute Gasteiger partial charge is 0.307 e. The number of esters is 1. The summed E-state index contributed by atoms with van der Waals surface area (Å²) in [7, 11) is 1.33. The molecule has 1 rings (SSSR count). The van der Waals surface area contributed by atoms with E-state index in [1.807, 2.05) is 0 Å². The van der Waals surface area contributed by atoms with Crippen LogP contribution in [0.2, 0.25) is 0 Å². The van der Waals surface area contributed by atoms with Gasteiger partial charge in [-0.2, -0.15) is 0 Å². The molecule has 0 aliphatic rings. The van der Waals surface area contributed by atoms with Gasteiger partial charge in [-0.3, -0.25) is 14.9 Å². The molecule has 0 spiro atoms. The maximum Gasteiger partial charge on any atom is 0.307 e. The van der Waals surface area contributed by atoms with Gasteiger partial charge >= 0.3 is 5.97 Å². The fraction of sp³-hybridized carbons (Fsp3) is 0.300. The van der Waals surface area contributed by atoms with E-state index in [-0.39, 0.29) is 18.1 Å². The Morgan fingerprint density at radius 2 is 2.06 bits per heavy atom. The SMILES string of the molecule is COC(=O)CCNc1ccc([N+](=O)[O-])cc1. The van der Waals surface area contributed by atoms with E-state index in [0.717, 1.165) is 5.69 Å². The first-order chi connectivity index (χ1) is 7.63. The van der Waals surface area contributed by atoms with Crippen molar-refractivity contribution < 1.29 is 14.5 Å². The lowest BCUT2D eigenvalue weighted by Crippen LogP contribution is -2.09. The molecule has 0 bridgehead atoms. The highest BCUT2D eigenvalue weighted by Gasteiger charge is 2.04. The highest BCUT2D eigenvalue weighted by molar-refractivity contribution is 5.69. The van der Waals surface area contributed by atoms with Gasteiger partial charge in [-0.1, -0.05) is 0 Å². The van der Waals surface area contributed by atoms with Crippen molar-refractivity contribution >= 4 is 17.3 Å². The molecule has 0 saturated carbocycles. The summed E-state index contributed by atoms with van der Waals surface area (Å²) < 4.78 is 4.47. The summed E-state index contributed by atoms with van der Waals surface area (Å²) in [5.74, 6) is -0.297. The fourth-order valence-electron chi connectivity index (χ4n) is 1.11. The van der Waals surface area contributed by atoms with Crippen molar-refractivity contribution in [3.8, 4) is 0 Å². The van der Waals surface area contributed by atoms with Crippen LogP contribution in [-0.2, 0) is 9.53 Å². The van der Waals surface area contributed by atoms with Gasteiger partial charge in [0.25, 0.3) is 5.69 Å². The minimum Gasteiger partial charge on any atom is -0.469 e. The van der Waals surface area contributed by atoms with Crippen LogP contribution in [0.3, 0.4) is 0 Å². The molecule has 1 aromatic rings. The molecular formula is C10H12N2O4. The van der Waals surface area contributed by atoms with Crippen LogP contribution in [-0.4, -0.2) is 24.5 Å². The molecule has 0 atom stereocenters. The number of non-ortho nitro benzene ring substituents is 1. The Labute approximate surface area is 92.4 Å². The summed E-state index contributed by atoms with van der Waals surface area (Å²) in [6.07, 6.45) is 0.257. The van der Waals surface area contributed by atoms with E-state index in [1.54, 1.807) is 12.1 Å². The van der Waals surface area contributed by atoms with Crippen molar-refractivity contribution in [2.24, 2.45) is 0 Å². The summed E-state index contributed by atoms with van der Waals surface area (Å²) >= 11 is 0. The maximum absolute atomic E-state index is 10.8. The van der Waals surface area contributed by atoms with Crippen LogP contribution in [0, 0.1) is 10.1 Å². The number of rotatable bonds is 5. The number of anilines is 1. The minimum atomic E-state index is -0.460. The quantitative estimate of drug-likeness (QED) is 0.466. The number of ether oxygens (including phenoxy) is 1. The zero-order valence-corrected chi connectivity index (χ0v) is 8.80. The average Bonchev–Trinajstić information content (AvgIpc) is 2.29. The van der Waals surface area contributed by atoms with Gasteiger partial charge in [0.2, 0.25) is 0 Å². The molecule has 1 N–H and O–H groups in total. The lowest BCUT2D eigenvalue weighted by Gasteiger charge is -2.04. The molecule has 1 aromatic carbocycles. The van der Waals surface area contributed by atoms with Crippen molar-refractivity contribution in [3.05, 3.63) is 34.4 Å². The lowest BCUT2D eigenvalue weighted by atomic mass is 10.3. The van der Waals surface area contributed by atoms with Gasteiger partial charge in [-0.25, -0.2) is 0 Å². The molecule has 0 unspecified atom stereocenters. The maximum atomic E-state index is 10.8. The number of hydrogen-bond acceptors (Lipinski definition) is 5. The Balaban J connectivity index is 2.43. The molecule has 6 heteroatoms. The summed E-state index contributed by atoms with van der Waals surface area (Å²) in [6, 6.07) is 5.99. The predicted octanol–water partition coefficient (Wildman–Crippen LogP) is 1.57. The monoisotopic (exact) mass is 224 g/mol. The first-order valence-corrected chi connectivity index (χ1v) is 4.68. The van der Waals surface area contributed by atoms with Gasteiger partial charge in [0, 0.05) is 24.4 Å². The van der Waals surface area contributed by atoms with E-state index in [4.69, 9.17) is 0 Å². The van der Waals surface area contributed by atoms with Gasteiger partial charge < -0.3 is 10.1 Å². The number of carbonyl (C=O) groups is 1. The number of nitro groups is 1. The Bertz CT molecular complexity index is 375. The van der Waals surface area contributed by atoms with E-state index in [0.29, 0.717) is 6.54 Å². The topological polar surface area (TPSA) is 81.5 Å². The van der Waals surface area contributed by atoms with Crippen LogP contribution in [0.5, 0.6) is 0 Å². The van der Waals surface area contributed by atoms with Gasteiger partial charge in [0.15, 0.2) is 0 Å². The molecule has 6 nitrogen and oxygen atoms in total. The van der Waals surface area contributed by atoms with Crippen molar-refractivity contribution in [2.45, 2.75) is 6.42 Å². The van der Waals surface area contributed by atoms with Crippen LogP contribution in [0.4, 0.5) is 11.4 Å². The molecule has 0 heterocycles. The molecule has 0 fully saturated rings. The third kappa shape index (κ3) is 3.56. The first-order valence-electron chi connectivity index (χ1n) is 4.68. The number of nitro benzene ring substituents is 1. The average molecular weight is 224 g/mol. The van der Waals surface area contributed by atoms with Crippen molar-refractivity contribution in [3.63, 3.8) is 0 Å². The van der Waals surface area contributed by atoms with E-state index in [1.165, 1.54) is 19.2 Å². The van der Waals surface area contributed by atoms with Crippen LogP contribution in [0.15, 0.2) is 24.3 Å². The van der Waals surface area contributed by atoms with Crippen molar-refractivity contribution in [2.75, 3.05) is 19.0 Å². The molecular weight excluding hydrogens is 212 g/mol. The number of benzene rings is 1. The molecule has 16 heavy (non-hydrogen) atoms. The van der Waals surface area contributed by atoms with Gasteiger partial charge in [-0.15, -0.1) is 0 Å². The predicted molar refractivity (Wildman–Crippen MR) is 58.2 cm³/mol. The number of hydrogen-bond donors (Lipinski definition) is 1. The standard InChI is InChI=1S/C10H12N2O4/c1-16-10(13)6-7-11-8-2-4-9(5-3-8)12(14)15/h2-5,11H,6-7H2,1H3. The molecule has 86 valence electrons. The van der Waals surface area contributed by atoms with E-state index in [9.17, 15) is 14.9 Å². The van der Waals surface area contributed by atoms with Crippen LogP contribution >= 0.6 is 0 Å². The normalized spacial score (nSPS) is 9.56.